The summed E-state index contributed by atoms with van der Waals surface area (Å²) < 4.78 is 33.3. The molecule has 10 nitrogen and oxygen atoms in total. The number of rotatable bonds is 8. The summed E-state index contributed by atoms with van der Waals surface area (Å²) >= 11 is 0. The van der Waals surface area contributed by atoms with Crippen LogP contribution < -0.4 is 20.1 Å². The summed E-state index contributed by atoms with van der Waals surface area (Å²) in [7, 11) is -2.10. The number of anilines is 1. The average Bonchev–Trinajstić information content (AvgIpc) is 3.34. The fourth-order valence-corrected chi connectivity index (χ4v) is 4.40. The molecule has 0 radical (unpaired) electrons. The van der Waals surface area contributed by atoms with Gasteiger partial charge in [-0.2, -0.15) is 4.98 Å². The van der Waals surface area contributed by atoms with Crippen molar-refractivity contribution in [2.75, 3.05) is 31.6 Å². The Morgan fingerprint density at radius 2 is 1.94 bits per heavy atom. The Hall–Kier alpha value is -3.44. The third-order valence-corrected chi connectivity index (χ3v) is 6.72. The molecule has 0 aliphatic carbocycles. The van der Waals surface area contributed by atoms with E-state index in [1.807, 2.05) is 29.2 Å². The van der Waals surface area contributed by atoms with E-state index in [0.717, 1.165) is 36.3 Å². The maximum absolute atomic E-state index is 12.7. The van der Waals surface area contributed by atoms with Crippen molar-refractivity contribution >= 4 is 21.9 Å². The summed E-state index contributed by atoms with van der Waals surface area (Å²) in [6, 6.07) is 14.1. The summed E-state index contributed by atoms with van der Waals surface area (Å²) in [6.45, 7) is 1.69. The van der Waals surface area contributed by atoms with Crippen LogP contribution in [0.4, 0.5) is 6.01 Å². The fraction of sp³-hybridized carbons (Fsp3) is 0.348. The van der Waals surface area contributed by atoms with Crippen LogP contribution in [0.15, 0.2) is 57.9 Å². The van der Waals surface area contributed by atoms with Crippen LogP contribution in [-0.2, 0) is 21.2 Å². The number of nitrogens with one attached hydrogen (secondary N) is 1. The van der Waals surface area contributed by atoms with Crippen molar-refractivity contribution in [2.24, 2.45) is 11.1 Å². The molecule has 1 fully saturated rings. The third kappa shape index (κ3) is 5.72. The Labute approximate surface area is 198 Å². The molecule has 2 heterocycles. The number of ether oxygens (including phenoxy) is 1. The number of methoxy groups -OCH3 is 1. The second kappa shape index (κ2) is 10.2. The molecule has 0 saturated carbocycles. The van der Waals surface area contributed by atoms with Crippen molar-refractivity contribution < 1.29 is 22.5 Å². The van der Waals surface area contributed by atoms with Crippen LogP contribution in [0.3, 0.4) is 0 Å². The Bertz CT molecular complexity index is 1230. The van der Waals surface area contributed by atoms with Gasteiger partial charge in [-0.25, -0.2) is 13.6 Å². The second-order valence-electron chi connectivity index (χ2n) is 8.14. The molecule has 4 rings (SSSR count). The molecule has 3 aromatic rings. The van der Waals surface area contributed by atoms with Crippen molar-refractivity contribution in [2.45, 2.75) is 24.2 Å². The Kier molecular flexibility index (Phi) is 7.13. The first-order chi connectivity index (χ1) is 16.3. The number of primary sulfonamides is 1. The minimum Gasteiger partial charge on any atom is -0.497 e. The van der Waals surface area contributed by atoms with Crippen molar-refractivity contribution in [3.8, 4) is 17.1 Å². The zero-order valence-electron chi connectivity index (χ0n) is 18.8. The molecular weight excluding hydrogens is 458 g/mol. The number of hydrogen-bond donors (Lipinski definition) is 2. The summed E-state index contributed by atoms with van der Waals surface area (Å²) in [5.41, 5.74) is 1.73. The monoisotopic (exact) mass is 485 g/mol. The molecule has 1 aliphatic rings. The highest BCUT2D eigenvalue weighted by Gasteiger charge is 2.28. The van der Waals surface area contributed by atoms with E-state index in [9.17, 15) is 13.2 Å². The number of benzene rings is 2. The molecule has 0 unspecified atom stereocenters. The van der Waals surface area contributed by atoms with Crippen LogP contribution in [0, 0.1) is 5.92 Å². The van der Waals surface area contributed by atoms with Gasteiger partial charge >= 0.3 is 6.01 Å². The topological polar surface area (TPSA) is 141 Å². The van der Waals surface area contributed by atoms with E-state index in [0.29, 0.717) is 31.3 Å². The standard InChI is InChI=1S/C23H27N5O5S/c1-32-19-8-6-17(7-9-19)21-26-23(33-27-21)28-14-2-3-18(15-28)22(29)25-13-12-16-4-10-20(11-5-16)34(24,30)31/h4-11,18H,2-3,12-15H2,1H3,(H,25,29)(H2,24,30,31)/t18-/m0/s1. The van der Waals surface area contributed by atoms with Gasteiger partial charge in [-0.1, -0.05) is 17.3 Å². The minimum atomic E-state index is -3.71. The van der Waals surface area contributed by atoms with E-state index in [-0.39, 0.29) is 16.7 Å². The normalized spacial score (nSPS) is 16.3. The molecule has 1 aliphatic heterocycles. The number of piperidine rings is 1. The molecule has 1 amide bonds. The van der Waals surface area contributed by atoms with Crippen molar-refractivity contribution in [1.82, 2.24) is 15.5 Å². The summed E-state index contributed by atoms with van der Waals surface area (Å²) in [5, 5.41) is 12.2. The molecule has 1 saturated heterocycles. The summed E-state index contributed by atoms with van der Waals surface area (Å²) in [6.07, 6.45) is 2.21. The van der Waals surface area contributed by atoms with E-state index in [1.54, 1.807) is 19.2 Å². The number of carbonyl (C=O) groups is 1. The van der Waals surface area contributed by atoms with Gasteiger partial charge in [0.1, 0.15) is 5.75 Å². The van der Waals surface area contributed by atoms with E-state index < -0.39 is 10.0 Å². The molecule has 1 aromatic heterocycles. The number of hydrogen-bond acceptors (Lipinski definition) is 8. The van der Waals surface area contributed by atoms with Gasteiger partial charge in [-0.3, -0.25) is 4.79 Å². The van der Waals surface area contributed by atoms with Gasteiger partial charge in [0.15, 0.2) is 0 Å². The molecule has 34 heavy (non-hydrogen) atoms. The molecule has 11 heteroatoms. The summed E-state index contributed by atoms with van der Waals surface area (Å²) in [5.74, 6) is 1.02. The molecule has 0 bridgehead atoms. The lowest BCUT2D eigenvalue weighted by molar-refractivity contribution is -0.125. The number of aromatic nitrogens is 2. The molecular formula is C23H27N5O5S. The first-order valence-corrected chi connectivity index (χ1v) is 12.5. The third-order valence-electron chi connectivity index (χ3n) is 5.79. The quantitative estimate of drug-likeness (QED) is 0.493. The van der Waals surface area contributed by atoms with Crippen LogP contribution in [0.5, 0.6) is 5.75 Å². The fourth-order valence-electron chi connectivity index (χ4n) is 3.89. The maximum atomic E-state index is 12.7. The number of nitrogens with two attached hydrogens (primary N) is 1. The highest BCUT2D eigenvalue weighted by molar-refractivity contribution is 7.89. The maximum Gasteiger partial charge on any atom is 0.324 e. The van der Waals surface area contributed by atoms with E-state index in [2.05, 4.69) is 15.5 Å². The van der Waals surface area contributed by atoms with Crippen LogP contribution in [-0.4, -0.2) is 51.2 Å². The van der Waals surface area contributed by atoms with Crippen molar-refractivity contribution in [3.63, 3.8) is 0 Å². The Balaban J connectivity index is 1.30. The van der Waals surface area contributed by atoms with Gasteiger partial charge in [0.25, 0.3) is 0 Å². The largest absolute Gasteiger partial charge is 0.497 e. The molecule has 1 atom stereocenters. The van der Waals surface area contributed by atoms with Gasteiger partial charge in [-0.15, -0.1) is 0 Å². The number of sulfonamides is 1. The van der Waals surface area contributed by atoms with Crippen LogP contribution in [0.1, 0.15) is 18.4 Å². The highest BCUT2D eigenvalue weighted by Crippen LogP contribution is 2.26. The van der Waals surface area contributed by atoms with Crippen LogP contribution >= 0.6 is 0 Å². The van der Waals surface area contributed by atoms with Crippen molar-refractivity contribution in [1.29, 1.82) is 0 Å². The molecule has 180 valence electrons. The molecule has 0 spiro atoms. The first-order valence-electron chi connectivity index (χ1n) is 11.0. The molecule has 2 aromatic carbocycles. The predicted molar refractivity (Wildman–Crippen MR) is 126 cm³/mol. The Morgan fingerprint density at radius 1 is 1.21 bits per heavy atom. The number of amides is 1. The number of carbonyl (C=O) groups excluding carboxylic acids is 1. The lowest BCUT2D eigenvalue weighted by atomic mass is 9.97. The van der Waals surface area contributed by atoms with Gasteiger partial charge in [-0.05, 0) is 61.2 Å². The average molecular weight is 486 g/mol. The van der Waals surface area contributed by atoms with E-state index in [4.69, 9.17) is 14.4 Å². The van der Waals surface area contributed by atoms with Gasteiger partial charge in [0, 0.05) is 25.2 Å². The smallest absolute Gasteiger partial charge is 0.324 e. The zero-order valence-corrected chi connectivity index (χ0v) is 19.6. The Morgan fingerprint density at radius 3 is 2.62 bits per heavy atom. The van der Waals surface area contributed by atoms with E-state index in [1.165, 1.54) is 12.1 Å². The van der Waals surface area contributed by atoms with Gasteiger partial charge in [0.05, 0.1) is 17.9 Å². The predicted octanol–water partition coefficient (Wildman–Crippen LogP) is 1.97. The lowest BCUT2D eigenvalue weighted by Crippen LogP contribution is -2.43. The van der Waals surface area contributed by atoms with Crippen LogP contribution in [0.25, 0.3) is 11.4 Å². The number of nitrogens with zero attached hydrogens (tertiary/aromatic N) is 3. The molecule has 3 N–H and O–H groups in total. The lowest BCUT2D eigenvalue weighted by Gasteiger charge is -2.30. The van der Waals surface area contributed by atoms with Crippen LogP contribution in [0.2, 0.25) is 0 Å². The second-order valence-corrected chi connectivity index (χ2v) is 9.71. The van der Waals surface area contributed by atoms with Gasteiger partial charge < -0.3 is 19.5 Å². The highest BCUT2D eigenvalue weighted by atomic mass is 32.2. The first kappa shape index (κ1) is 23.7. The van der Waals surface area contributed by atoms with Gasteiger partial charge in [0.2, 0.25) is 21.8 Å². The zero-order chi connectivity index (χ0) is 24.1. The SMILES string of the molecule is COc1ccc(-c2noc(N3CCC[C@H](C(=O)NCCc4ccc(S(N)(=O)=O)cc4)C3)n2)cc1. The summed E-state index contributed by atoms with van der Waals surface area (Å²) in [4.78, 5) is 19.2. The van der Waals surface area contributed by atoms with E-state index >= 15 is 0 Å². The van der Waals surface area contributed by atoms with Crippen molar-refractivity contribution in [3.05, 3.63) is 54.1 Å². The minimum absolute atomic E-state index is 0.0271.